The first-order valence-corrected chi connectivity index (χ1v) is 8.91. The van der Waals surface area contributed by atoms with E-state index in [4.69, 9.17) is 18.0 Å². The van der Waals surface area contributed by atoms with E-state index in [9.17, 15) is 4.39 Å². The van der Waals surface area contributed by atoms with Crippen LogP contribution in [0.2, 0.25) is 0 Å². The Hall–Kier alpha value is -0.170. The Morgan fingerprint density at radius 3 is 2.70 bits per heavy atom. The van der Waals surface area contributed by atoms with Crippen molar-refractivity contribution in [2.45, 2.75) is 24.1 Å². The third-order valence-corrected chi connectivity index (χ3v) is 6.75. The van der Waals surface area contributed by atoms with Crippen molar-refractivity contribution in [3.8, 4) is 0 Å². The highest BCUT2D eigenvalue weighted by atomic mass is 79.9. The van der Waals surface area contributed by atoms with Crippen LogP contribution in [0.5, 0.6) is 0 Å². The van der Waals surface area contributed by atoms with Gasteiger partial charge in [0.1, 0.15) is 5.82 Å². The Labute approximate surface area is 137 Å². The summed E-state index contributed by atoms with van der Waals surface area (Å²) in [6, 6.07) is 5.17. The van der Waals surface area contributed by atoms with Crippen molar-refractivity contribution in [1.82, 2.24) is 4.90 Å². The molecule has 1 fully saturated rings. The molecule has 20 heavy (non-hydrogen) atoms. The van der Waals surface area contributed by atoms with Gasteiger partial charge in [-0.25, -0.2) is 4.39 Å². The summed E-state index contributed by atoms with van der Waals surface area (Å²) in [5.74, 6) is -0.207. The van der Waals surface area contributed by atoms with Crippen molar-refractivity contribution < 1.29 is 4.39 Å². The lowest BCUT2D eigenvalue weighted by atomic mass is 9.95. The average molecular weight is 377 g/mol. The molecule has 0 spiro atoms. The highest BCUT2D eigenvalue weighted by molar-refractivity contribution is 9.10. The smallest absolute Gasteiger partial charge is 0.137 e. The Kier molecular flexibility index (Phi) is 5.45. The molecule has 0 saturated carbocycles. The summed E-state index contributed by atoms with van der Waals surface area (Å²) in [6.07, 6.45) is 3.98. The molecule has 6 heteroatoms. The first-order chi connectivity index (χ1) is 9.48. The fraction of sp³-hybridized carbons (Fsp3) is 0.500. The molecule has 0 atom stereocenters. The normalized spacial score (nSPS) is 18.9. The summed E-state index contributed by atoms with van der Waals surface area (Å²) in [4.78, 5) is 2.93. The van der Waals surface area contributed by atoms with Gasteiger partial charge in [0.15, 0.2) is 0 Å². The van der Waals surface area contributed by atoms with E-state index in [1.807, 2.05) is 6.07 Å². The van der Waals surface area contributed by atoms with E-state index in [-0.39, 0.29) is 10.6 Å². The summed E-state index contributed by atoms with van der Waals surface area (Å²) in [5, 5.41) is 0. The SMILES string of the molecule is CSC1(C(N)=S)CCN(Cc2cccc(F)c2Br)CC1. The van der Waals surface area contributed by atoms with Crippen LogP contribution in [-0.4, -0.2) is 34.0 Å². The van der Waals surface area contributed by atoms with Gasteiger partial charge < -0.3 is 5.73 Å². The number of piperidine rings is 1. The molecule has 1 aliphatic heterocycles. The molecule has 2 rings (SSSR count). The number of rotatable bonds is 4. The fourth-order valence-electron chi connectivity index (χ4n) is 2.53. The maximum Gasteiger partial charge on any atom is 0.137 e. The van der Waals surface area contributed by atoms with Crippen molar-refractivity contribution >= 4 is 44.9 Å². The number of nitrogens with two attached hydrogens (primary N) is 1. The van der Waals surface area contributed by atoms with E-state index in [1.165, 1.54) is 6.07 Å². The molecule has 2 nitrogen and oxygen atoms in total. The zero-order valence-corrected chi connectivity index (χ0v) is 14.6. The second kappa shape index (κ2) is 6.73. The van der Waals surface area contributed by atoms with Crippen LogP contribution in [0, 0.1) is 5.82 Å². The summed E-state index contributed by atoms with van der Waals surface area (Å²) in [6.45, 7) is 2.61. The predicted octanol–water partition coefficient (Wildman–Crippen LogP) is 3.57. The lowest BCUT2D eigenvalue weighted by Gasteiger charge is -2.40. The molecular weight excluding hydrogens is 359 g/mol. The number of hydrogen-bond acceptors (Lipinski definition) is 3. The minimum Gasteiger partial charge on any atom is -0.392 e. The predicted molar refractivity (Wildman–Crippen MR) is 91.6 cm³/mol. The van der Waals surface area contributed by atoms with Crippen molar-refractivity contribution in [3.05, 3.63) is 34.1 Å². The lowest BCUT2D eigenvalue weighted by Crippen LogP contribution is -2.48. The summed E-state index contributed by atoms with van der Waals surface area (Å²) < 4.78 is 14.0. The maximum atomic E-state index is 13.5. The highest BCUT2D eigenvalue weighted by Crippen LogP contribution is 2.35. The number of thioether (sulfide) groups is 1. The number of hydrogen-bond donors (Lipinski definition) is 1. The van der Waals surface area contributed by atoms with Crippen LogP contribution < -0.4 is 5.73 Å². The average Bonchev–Trinajstić information content (AvgIpc) is 2.44. The lowest BCUT2D eigenvalue weighted by molar-refractivity contribution is 0.212. The zero-order valence-electron chi connectivity index (χ0n) is 11.4. The van der Waals surface area contributed by atoms with E-state index >= 15 is 0 Å². The van der Waals surface area contributed by atoms with Gasteiger partial charge in [0.2, 0.25) is 0 Å². The largest absolute Gasteiger partial charge is 0.392 e. The number of likely N-dealkylation sites (tertiary alicyclic amines) is 1. The van der Waals surface area contributed by atoms with Crippen LogP contribution in [-0.2, 0) is 6.54 Å². The van der Waals surface area contributed by atoms with Gasteiger partial charge in [0, 0.05) is 19.6 Å². The standard InChI is InChI=1S/C14H18BrFN2S2/c1-20-14(13(17)19)5-7-18(8-6-14)9-10-3-2-4-11(16)12(10)15/h2-4H,5-9H2,1H3,(H2,17,19). The Morgan fingerprint density at radius 1 is 1.50 bits per heavy atom. The fourth-order valence-corrected chi connectivity index (χ4v) is 4.17. The number of benzene rings is 1. The molecule has 0 aromatic heterocycles. The summed E-state index contributed by atoms with van der Waals surface area (Å²) in [7, 11) is 0. The molecule has 1 aromatic carbocycles. The van der Waals surface area contributed by atoms with Gasteiger partial charge in [-0.05, 0) is 46.7 Å². The van der Waals surface area contributed by atoms with Gasteiger partial charge in [0.25, 0.3) is 0 Å². The maximum absolute atomic E-state index is 13.5. The van der Waals surface area contributed by atoms with E-state index in [0.717, 1.165) is 38.0 Å². The monoisotopic (exact) mass is 376 g/mol. The summed E-state index contributed by atoms with van der Waals surface area (Å²) >= 11 is 10.3. The third kappa shape index (κ3) is 3.35. The molecule has 1 aromatic rings. The van der Waals surface area contributed by atoms with E-state index in [1.54, 1.807) is 17.8 Å². The second-order valence-corrected chi connectivity index (χ2v) is 7.47. The molecule has 1 heterocycles. The van der Waals surface area contributed by atoms with Crippen molar-refractivity contribution in [2.24, 2.45) is 5.73 Å². The third-order valence-electron chi connectivity index (χ3n) is 3.93. The quantitative estimate of drug-likeness (QED) is 0.813. The number of thiocarbonyl (C=S) groups is 1. The van der Waals surface area contributed by atoms with E-state index in [2.05, 4.69) is 27.1 Å². The van der Waals surface area contributed by atoms with Crippen molar-refractivity contribution in [2.75, 3.05) is 19.3 Å². The van der Waals surface area contributed by atoms with Gasteiger partial charge in [-0.1, -0.05) is 24.4 Å². The molecule has 0 amide bonds. The van der Waals surface area contributed by atoms with E-state index in [0.29, 0.717) is 9.46 Å². The highest BCUT2D eigenvalue weighted by Gasteiger charge is 2.36. The second-order valence-electron chi connectivity index (χ2n) is 5.05. The van der Waals surface area contributed by atoms with Crippen LogP contribution in [0.4, 0.5) is 4.39 Å². The number of nitrogens with zero attached hydrogens (tertiary/aromatic N) is 1. The van der Waals surface area contributed by atoms with Gasteiger partial charge >= 0.3 is 0 Å². The van der Waals surface area contributed by atoms with Crippen LogP contribution in [0.15, 0.2) is 22.7 Å². The van der Waals surface area contributed by atoms with Gasteiger partial charge in [-0.3, -0.25) is 4.90 Å². The van der Waals surface area contributed by atoms with Gasteiger partial charge in [-0.2, -0.15) is 11.8 Å². The molecule has 110 valence electrons. The molecule has 0 unspecified atom stereocenters. The molecule has 0 aliphatic carbocycles. The van der Waals surface area contributed by atoms with Crippen LogP contribution in [0.1, 0.15) is 18.4 Å². The van der Waals surface area contributed by atoms with Gasteiger partial charge in [-0.15, -0.1) is 0 Å². The minimum atomic E-state index is -0.207. The minimum absolute atomic E-state index is 0.0645. The molecule has 0 radical (unpaired) electrons. The topological polar surface area (TPSA) is 29.3 Å². The molecule has 0 bridgehead atoms. The Balaban J connectivity index is 2.01. The zero-order chi connectivity index (χ0) is 14.8. The molecule has 1 aliphatic rings. The molecule has 2 N–H and O–H groups in total. The number of halogens is 2. The first kappa shape index (κ1) is 16.2. The van der Waals surface area contributed by atoms with Crippen molar-refractivity contribution in [1.29, 1.82) is 0 Å². The van der Waals surface area contributed by atoms with E-state index < -0.39 is 0 Å². The van der Waals surface area contributed by atoms with Crippen molar-refractivity contribution in [3.63, 3.8) is 0 Å². The van der Waals surface area contributed by atoms with Crippen LogP contribution in [0.25, 0.3) is 0 Å². The summed E-state index contributed by atoms with van der Waals surface area (Å²) in [5.41, 5.74) is 6.87. The molecule has 1 saturated heterocycles. The van der Waals surface area contributed by atoms with Gasteiger partial charge in [0.05, 0.1) is 14.2 Å². The Bertz CT molecular complexity index is 502. The Morgan fingerprint density at radius 2 is 2.15 bits per heavy atom. The van der Waals surface area contributed by atoms with Crippen LogP contribution in [0.3, 0.4) is 0 Å². The van der Waals surface area contributed by atoms with Crippen LogP contribution >= 0.6 is 39.9 Å². The molecular formula is C14H18BrFN2S2. The first-order valence-electron chi connectivity index (χ1n) is 6.49.